The first-order chi connectivity index (χ1) is 8.08. The van der Waals surface area contributed by atoms with E-state index in [1.54, 1.807) is 0 Å². The summed E-state index contributed by atoms with van der Waals surface area (Å²) in [7, 11) is 0. The highest BCUT2D eigenvalue weighted by Gasteiger charge is 2.21. The average molecular weight is 233 g/mol. The van der Waals surface area contributed by atoms with Crippen molar-refractivity contribution in [3.05, 3.63) is 29.8 Å². The summed E-state index contributed by atoms with van der Waals surface area (Å²) >= 11 is 0. The predicted molar refractivity (Wildman–Crippen MR) is 73.0 cm³/mol. The molecule has 0 radical (unpaired) electrons. The van der Waals surface area contributed by atoms with Gasteiger partial charge in [0.25, 0.3) is 0 Å². The van der Waals surface area contributed by atoms with Gasteiger partial charge in [-0.1, -0.05) is 44.9 Å². The lowest BCUT2D eigenvalue weighted by molar-refractivity contribution is -0.121. The number of carbonyl (C=O) groups is 1. The minimum absolute atomic E-state index is 0.112. The van der Waals surface area contributed by atoms with E-state index in [9.17, 15) is 4.79 Å². The van der Waals surface area contributed by atoms with Crippen molar-refractivity contribution in [2.24, 2.45) is 11.8 Å². The van der Waals surface area contributed by atoms with Crippen LogP contribution in [-0.2, 0) is 4.79 Å². The Hall–Kier alpha value is -1.31. The zero-order valence-corrected chi connectivity index (χ0v) is 11.3. The van der Waals surface area contributed by atoms with Gasteiger partial charge in [0.1, 0.15) is 0 Å². The Morgan fingerprint density at radius 3 is 2.24 bits per heavy atom. The molecule has 2 nitrogen and oxygen atoms in total. The van der Waals surface area contributed by atoms with E-state index in [2.05, 4.69) is 26.1 Å². The smallest absolute Gasteiger partial charge is 0.227 e. The molecule has 1 aromatic carbocycles. The first-order valence-corrected chi connectivity index (χ1v) is 6.46. The maximum Gasteiger partial charge on any atom is 0.227 e. The number of hydrogen-bond acceptors (Lipinski definition) is 1. The zero-order chi connectivity index (χ0) is 12.8. The van der Waals surface area contributed by atoms with Gasteiger partial charge in [0.15, 0.2) is 0 Å². The van der Waals surface area contributed by atoms with E-state index in [1.807, 2.05) is 31.2 Å². The Balaban J connectivity index is 2.67. The van der Waals surface area contributed by atoms with Crippen LogP contribution in [-0.4, -0.2) is 5.91 Å². The van der Waals surface area contributed by atoms with Gasteiger partial charge in [-0.2, -0.15) is 0 Å². The summed E-state index contributed by atoms with van der Waals surface area (Å²) in [6, 6.07) is 7.94. The van der Waals surface area contributed by atoms with Crippen molar-refractivity contribution in [1.29, 1.82) is 0 Å². The Morgan fingerprint density at radius 2 is 1.76 bits per heavy atom. The van der Waals surface area contributed by atoms with Crippen LogP contribution in [0.3, 0.4) is 0 Å². The fourth-order valence-corrected chi connectivity index (χ4v) is 2.00. The lowest BCUT2D eigenvalue weighted by atomic mass is 9.89. The van der Waals surface area contributed by atoms with Crippen LogP contribution >= 0.6 is 0 Å². The quantitative estimate of drug-likeness (QED) is 0.818. The van der Waals surface area contributed by atoms with Gasteiger partial charge in [-0.25, -0.2) is 0 Å². The SMILES string of the molecule is CCC(C)C(CC)C(=O)Nc1ccc(C)cc1. The molecule has 0 aromatic heterocycles. The van der Waals surface area contributed by atoms with E-state index in [4.69, 9.17) is 0 Å². The van der Waals surface area contributed by atoms with Crippen molar-refractivity contribution < 1.29 is 4.79 Å². The molecule has 0 aliphatic heterocycles. The second-order valence-electron chi connectivity index (χ2n) is 4.76. The van der Waals surface area contributed by atoms with Crippen LogP contribution in [0, 0.1) is 18.8 Å². The van der Waals surface area contributed by atoms with Crippen molar-refractivity contribution in [1.82, 2.24) is 0 Å². The van der Waals surface area contributed by atoms with E-state index < -0.39 is 0 Å². The predicted octanol–water partition coefficient (Wildman–Crippen LogP) is 4.01. The van der Waals surface area contributed by atoms with E-state index >= 15 is 0 Å². The number of hydrogen-bond donors (Lipinski definition) is 1. The Labute approximate surface area is 104 Å². The van der Waals surface area contributed by atoms with Crippen molar-refractivity contribution >= 4 is 11.6 Å². The highest BCUT2D eigenvalue weighted by atomic mass is 16.1. The molecule has 2 heteroatoms. The number of aryl methyl sites for hydroxylation is 1. The molecule has 1 aromatic rings. The van der Waals surface area contributed by atoms with Gasteiger partial charge in [-0.05, 0) is 31.4 Å². The van der Waals surface area contributed by atoms with Gasteiger partial charge in [0.2, 0.25) is 5.91 Å². The zero-order valence-electron chi connectivity index (χ0n) is 11.3. The number of benzene rings is 1. The molecule has 1 rings (SSSR count). The van der Waals surface area contributed by atoms with Gasteiger partial charge in [0, 0.05) is 11.6 Å². The Morgan fingerprint density at radius 1 is 1.18 bits per heavy atom. The molecule has 0 aliphatic carbocycles. The van der Waals surface area contributed by atoms with Gasteiger partial charge < -0.3 is 5.32 Å². The van der Waals surface area contributed by atoms with Crippen LogP contribution in [0.25, 0.3) is 0 Å². The fourth-order valence-electron chi connectivity index (χ4n) is 2.00. The first-order valence-electron chi connectivity index (χ1n) is 6.46. The second-order valence-corrected chi connectivity index (χ2v) is 4.76. The summed E-state index contributed by atoms with van der Waals surface area (Å²) in [6.45, 7) is 8.39. The molecule has 0 saturated heterocycles. The normalized spacial score (nSPS) is 14.1. The summed E-state index contributed by atoms with van der Waals surface area (Å²) in [6.07, 6.45) is 1.94. The molecule has 0 fully saturated rings. The summed E-state index contributed by atoms with van der Waals surface area (Å²) < 4.78 is 0. The van der Waals surface area contributed by atoms with E-state index in [0.717, 1.165) is 18.5 Å². The van der Waals surface area contributed by atoms with Gasteiger partial charge in [-0.15, -0.1) is 0 Å². The topological polar surface area (TPSA) is 29.1 Å². The number of carbonyl (C=O) groups excluding carboxylic acids is 1. The molecule has 2 unspecified atom stereocenters. The van der Waals surface area contributed by atoms with Crippen LogP contribution in [0.2, 0.25) is 0 Å². The van der Waals surface area contributed by atoms with Crippen LogP contribution in [0.15, 0.2) is 24.3 Å². The molecule has 17 heavy (non-hydrogen) atoms. The Bertz CT molecular complexity index is 356. The fraction of sp³-hybridized carbons (Fsp3) is 0.533. The molecule has 0 spiro atoms. The van der Waals surface area contributed by atoms with Gasteiger partial charge >= 0.3 is 0 Å². The lowest BCUT2D eigenvalue weighted by Crippen LogP contribution is -2.27. The molecular formula is C15H23NO. The van der Waals surface area contributed by atoms with Crippen LogP contribution in [0.5, 0.6) is 0 Å². The number of amides is 1. The van der Waals surface area contributed by atoms with Crippen molar-refractivity contribution in [2.75, 3.05) is 5.32 Å². The molecule has 0 bridgehead atoms. The van der Waals surface area contributed by atoms with E-state index in [-0.39, 0.29) is 11.8 Å². The molecule has 0 aliphatic rings. The maximum atomic E-state index is 12.1. The number of rotatable bonds is 5. The highest BCUT2D eigenvalue weighted by molar-refractivity contribution is 5.92. The molecule has 2 atom stereocenters. The highest BCUT2D eigenvalue weighted by Crippen LogP contribution is 2.21. The molecule has 1 amide bonds. The molecule has 0 saturated carbocycles. The third-order valence-electron chi connectivity index (χ3n) is 3.43. The standard InChI is InChI=1S/C15H23NO/c1-5-12(4)14(6-2)15(17)16-13-9-7-11(3)8-10-13/h7-10,12,14H,5-6H2,1-4H3,(H,16,17). The maximum absolute atomic E-state index is 12.1. The summed E-state index contributed by atoms with van der Waals surface area (Å²) in [5.74, 6) is 0.692. The van der Waals surface area contributed by atoms with E-state index in [1.165, 1.54) is 5.56 Å². The first kappa shape index (κ1) is 13.8. The number of nitrogens with one attached hydrogen (secondary N) is 1. The lowest BCUT2D eigenvalue weighted by Gasteiger charge is -2.20. The van der Waals surface area contributed by atoms with Crippen LogP contribution in [0.1, 0.15) is 39.2 Å². The molecular weight excluding hydrogens is 210 g/mol. The number of anilines is 1. The molecule has 1 N–H and O–H groups in total. The molecule has 0 heterocycles. The monoisotopic (exact) mass is 233 g/mol. The van der Waals surface area contributed by atoms with Crippen LogP contribution in [0.4, 0.5) is 5.69 Å². The van der Waals surface area contributed by atoms with E-state index in [0.29, 0.717) is 5.92 Å². The minimum Gasteiger partial charge on any atom is -0.326 e. The molecule has 94 valence electrons. The average Bonchev–Trinajstić information content (AvgIpc) is 2.32. The third-order valence-corrected chi connectivity index (χ3v) is 3.43. The van der Waals surface area contributed by atoms with Crippen LogP contribution < -0.4 is 5.32 Å². The van der Waals surface area contributed by atoms with Gasteiger partial charge in [0.05, 0.1) is 0 Å². The Kier molecular flexibility index (Phi) is 5.20. The minimum atomic E-state index is 0.112. The summed E-state index contributed by atoms with van der Waals surface area (Å²) in [5, 5.41) is 3.00. The largest absolute Gasteiger partial charge is 0.326 e. The van der Waals surface area contributed by atoms with Crippen molar-refractivity contribution in [3.63, 3.8) is 0 Å². The second kappa shape index (κ2) is 6.43. The van der Waals surface area contributed by atoms with Crippen molar-refractivity contribution in [3.8, 4) is 0 Å². The van der Waals surface area contributed by atoms with Gasteiger partial charge in [-0.3, -0.25) is 4.79 Å². The summed E-state index contributed by atoms with van der Waals surface area (Å²) in [4.78, 5) is 12.1. The third kappa shape index (κ3) is 3.88. The summed E-state index contributed by atoms with van der Waals surface area (Å²) in [5.41, 5.74) is 2.10. The van der Waals surface area contributed by atoms with Crippen molar-refractivity contribution in [2.45, 2.75) is 40.5 Å².